The van der Waals surface area contributed by atoms with Crippen LogP contribution in [0.4, 0.5) is 5.69 Å². The van der Waals surface area contributed by atoms with Gasteiger partial charge in [0.05, 0.1) is 5.69 Å². The Labute approximate surface area is 199 Å². The molecule has 2 aliphatic heterocycles. The third kappa shape index (κ3) is 7.18. The Morgan fingerprint density at radius 1 is 1.10 bits per heavy atom. The number of rotatable bonds is 7. The molecule has 0 spiro atoms. The van der Waals surface area contributed by atoms with Crippen molar-refractivity contribution >= 4 is 35.6 Å². The number of phenolic OH excluding ortho intramolecular Hbond substituents is 1. The van der Waals surface area contributed by atoms with Crippen LogP contribution in [-0.4, -0.2) is 79.3 Å². The van der Waals surface area contributed by atoms with Crippen molar-refractivity contribution in [3.8, 4) is 5.75 Å². The van der Waals surface area contributed by atoms with Crippen LogP contribution < -0.4 is 10.2 Å². The molecular weight excluding hydrogens is 489 g/mol. The highest BCUT2D eigenvalue weighted by Crippen LogP contribution is 2.27. The van der Waals surface area contributed by atoms with Gasteiger partial charge < -0.3 is 25.1 Å². The largest absolute Gasteiger partial charge is 0.506 e. The molecule has 0 aromatic heterocycles. The molecule has 0 saturated carbocycles. The molecule has 0 amide bonds. The summed E-state index contributed by atoms with van der Waals surface area (Å²) in [6.07, 6.45) is 6.49. The Bertz CT molecular complexity index is 648. The second-order valence-electron chi connectivity index (χ2n) is 8.29. The molecule has 0 radical (unpaired) electrons. The Morgan fingerprint density at radius 3 is 2.57 bits per heavy atom. The molecule has 3 rings (SSSR count). The minimum atomic E-state index is 0. The van der Waals surface area contributed by atoms with E-state index in [2.05, 4.69) is 33.9 Å². The number of aliphatic imine (C=N–C) groups is 1. The fourth-order valence-electron chi connectivity index (χ4n) is 4.42. The average molecular weight is 530 g/mol. The molecule has 2 fully saturated rings. The normalized spacial score (nSPS) is 20.7. The second-order valence-corrected chi connectivity index (χ2v) is 8.29. The lowest BCUT2D eigenvalue weighted by Crippen LogP contribution is -2.52. The monoisotopic (exact) mass is 529 g/mol. The third-order valence-corrected chi connectivity index (χ3v) is 6.19. The van der Waals surface area contributed by atoms with E-state index < -0.39 is 0 Å². The maximum atomic E-state index is 10.1. The highest BCUT2D eigenvalue weighted by atomic mass is 127. The van der Waals surface area contributed by atoms with E-state index in [0.29, 0.717) is 5.75 Å². The Morgan fingerprint density at radius 2 is 1.87 bits per heavy atom. The Balaban J connectivity index is 0.00000320. The summed E-state index contributed by atoms with van der Waals surface area (Å²) in [5.74, 6) is 1.40. The molecule has 2 aliphatic rings. The van der Waals surface area contributed by atoms with Gasteiger partial charge in [0.2, 0.25) is 0 Å². The van der Waals surface area contributed by atoms with Gasteiger partial charge in [0.15, 0.2) is 5.96 Å². The quantitative estimate of drug-likeness (QED) is 0.244. The van der Waals surface area contributed by atoms with E-state index in [-0.39, 0.29) is 24.0 Å². The van der Waals surface area contributed by atoms with Gasteiger partial charge >= 0.3 is 0 Å². The van der Waals surface area contributed by atoms with Gasteiger partial charge in [-0.3, -0.25) is 4.99 Å². The van der Waals surface area contributed by atoms with Crippen LogP contribution in [-0.2, 0) is 0 Å². The summed E-state index contributed by atoms with van der Waals surface area (Å²) in [6.45, 7) is 12.4. The maximum absolute atomic E-state index is 10.1. The first-order valence-electron chi connectivity index (χ1n) is 11.5. The standard InChI is InChI=1S/C23H39N5O.HI/c1-3-24-23(25-13-7-9-15-26-14-8-6-10-20(26)2)28-18-16-27(17-19-28)21-11-4-5-12-22(21)29;/h4-5,11-12,20,29H,3,6-10,13-19H2,1-2H3,(H,24,25);1H. The number of phenols is 1. The van der Waals surface area contributed by atoms with E-state index >= 15 is 0 Å². The lowest BCUT2D eigenvalue weighted by Gasteiger charge is -2.38. The number of hydrogen-bond donors (Lipinski definition) is 2. The van der Waals surface area contributed by atoms with E-state index in [9.17, 15) is 5.11 Å². The number of nitrogens with one attached hydrogen (secondary N) is 1. The summed E-state index contributed by atoms with van der Waals surface area (Å²) in [5.41, 5.74) is 0.932. The molecule has 1 atom stereocenters. The van der Waals surface area contributed by atoms with Crippen LogP contribution in [0.3, 0.4) is 0 Å². The summed E-state index contributed by atoms with van der Waals surface area (Å²) in [7, 11) is 0. The topological polar surface area (TPSA) is 54.3 Å². The molecule has 170 valence electrons. The number of nitrogens with zero attached hydrogens (tertiary/aromatic N) is 4. The number of para-hydroxylation sites is 2. The van der Waals surface area contributed by atoms with E-state index in [1.165, 1.54) is 38.8 Å². The van der Waals surface area contributed by atoms with Crippen molar-refractivity contribution in [3.63, 3.8) is 0 Å². The zero-order chi connectivity index (χ0) is 20.5. The zero-order valence-corrected chi connectivity index (χ0v) is 21.1. The summed E-state index contributed by atoms with van der Waals surface area (Å²) >= 11 is 0. The van der Waals surface area contributed by atoms with Gasteiger partial charge in [-0.2, -0.15) is 0 Å². The number of benzene rings is 1. The van der Waals surface area contributed by atoms with Crippen LogP contribution in [0.25, 0.3) is 0 Å². The van der Waals surface area contributed by atoms with Crippen molar-refractivity contribution in [3.05, 3.63) is 24.3 Å². The average Bonchev–Trinajstić information content (AvgIpc) is 2.74. The van der Waals surface area contributed by atoms with Crippen molar-refractivity contribution in [1.82, 2.24) is 15.1 Å². The van der Waals surface area contributed by atoms with E-state index in [4.69, 9.17) is 4.99 Å². The van der Waals surface area contributed by atoms with Crippen molar-refractivity contribution in [2.75, 3.05) is 57.3 Å². The number of unbranched alkanes of at least 4 members (excludes halogenated alkanes) is 1. The molecule has 1 aromatic carbocycles. The van der Waals surface area contributed by atoms with Gasteiger partial charge in [0.1, 0.15) is 5.75 Å². The van der Waals surface area contributed by atoms with Crippen molar-refractivity contribution in [2.45, 2.75) is 52.0 Å². The van der Waals surface area contributed by atoms with Gasteiger partial charge in [0, 0.05) is 45.3 Å². The molecule has 2 heterocycles. The molecule has 7 heteroatoms. The highest BCUT2D eigenvalue weighted by molar-refractivity contribution is 14.0. The highest BCUT2D eigenvalue weighted by Gasteiger charge is 2.21. The van der Waals surface area contributed by atoms with Crippen LogP contribution in [0, 0.1) is 0 Å². The Kier molecular flexibility index (Phi) is 11.1. The first kappa shape index (κ1) is 25.0. The number of aromatic hydroxyl groups is 1. The number of likely N-dealkylation sites (tertiary alicyclic amines) is 1. The van der Waals surface area contributed by atoms with E-state index in [0.717, 1.165) is 63.4 Å². The molecule has 1 unspecified atom stereocenters. The lowest BCUT2D eigenvalue weighted by atomic mass is 10.0. The summed E-state index contributed by atoms with van der Waals surface area (Å²) in [6, 6.07) is 8.37. The number of guanidine groups is 1. The summed E-state index contributed by atoms with van der Waals surface area (Å²) < 4.78 is 0. The molecule has 6 nitrogen and oxygen atoms in total. The van der Waals surface area contributed by atoms with Crippen LogP contribution in [0.5, 0.6) is 5.75 Å². The number of piperazine rings is 1. The van der Waals surface area contributed by atoms with E-state index in [1.54, 1.807) is 6.07 Å². The van der Waals surface area contributed by atoms with Crippen LogP contribution in [0.1, 0.15) is 46.0 Å². The zero-order valence-electron chi connectivity index (χ0n) is 18.7. The van der Waals surface area contributed by atoms with Gasteiger partial charge in [-0.15, -0.1) is 24.0 Å². The van der Waals surface area contributed by atoms with Gasteiger partial charge in [0.25, 0.3) is 0 Å². The fourth-order valence-corrected chi connectivity index (χ4v) is 4.42. The number of anilines is 1. The molecule has 2 saturated heterocycles. The SMILES string of the molecule is CCNC(=NCCCCN1CCCCC1C)N1CCN(c2ccccc2O)CC1.I. The number of hydrogen-bond acceptors (Lipinski definition) is 4. The van der Waals surface area contributed by atoms with Crippen molar-refractivity contribution in [1.29, 1.82) is 0 Å². The molecule has 2 N–H and O–H groups in total. The first-order chi connectivity index (χ1) is 14.2. The minimum absolute atomic E-state index is 0. The molecule has 30 heavy (non-hydrogen) atoms. The third-order valence-electron chi connectivity index (χ3n) is 6.19. The lowest BCUT2D eigenvalue weighted by molar-refractivity contribution is 0.158. The molecule has 0 aliphatic carbocycles. The molecular formula is C23H40IN5O. The van der Waals surface area contributed by atoms with Crippen molar-refractivity contribution in [2.24, 2.45) is 4.99 Å². The van der Waals surface area contributed by atoms with Crippen molar-refractivity contribution < 1.29 is 5.11 Å². The predicted molar refractivity (Wildman–Crippen MR) is 137 cm³/mol. The fraction of sp³-hybridized carbons (Fsp3) is 0.696. The maximum Gasteiger partial charge on any atom is 0.194 e. The van der Waals surface area contributed by atoms with Crippen LogP contribution in [0.15, 0.2) is 29.3 Å². The van der Waals surface area contributed by atoms with Gasteiger partial charge in [-0.05, 0) is 64.8 Å². The summed E-state index contributed by atoms with van der Waals surface area (Å²) in [4.78, 5) is 12.2. The minimum Gasteiger partial charge on any atom is -0.506 e. The predicted octanol–water partition coefficient (Wildman–Crippen LogP) is 3.75. The molecule has 1 aromatic rings. The Hall–Kier alpha value is -1.22. The van der Waals surface area contributed by atoms with Gasteiger partial charge in [-0.1, -0.05) is 18.6 Å². The first-order valence-corrected chi connectivity index (χ1v) is 11.5. The van der Waals surface area contributed by atoms with Crippen LogP contribution in [0.2, 0.25) is 0 Å². The smallest absolute Gasteiger partial charge is 0.194 e. The number of halogens is 1. The number of piperidine rings is 1. The second kappa shape index (κ2) is 13.2. The summed E-state index contributed by atoms with van der Waals surface area (Å²) in [5, 5.41) is 13.6. The van der Waals surface area contributed by atoms with Gasteiger partial charge in [-0.25, -0.2) is 0 Å². The van der Waals surface area contributed by atoms with Crippen LogP contribution >= 0.6 is 24.0 Å². The van der Waals surface area contributed by atoms with E-state index in [1.807, 2.05) is 18.2 Å². The molecule has 0 bridgehead atoms.